The van der Waals surface area contributed by atoms with Gasteiger partial charge in [0.25, 0.3) is 0 Å². The highest BCUT2D eigenvalue weighted by molar-refractivity contribution is 5.89. The Morgan fingerprint density at radius 1 is 1.19 bits per heavy atom. The second kappa shape index (κ2) is 7.61. The lowest BCUT2D eigenvalue weighted by Crippen LogP contribution is -2.60. The predicted octanol–water partition coefficient (Wildman–Crippen LogP) is -2.27. The molecule has 2 fully saturated rings. The Morgan fingerprint density at radius 3 is 2.58 bits per heavy atom. The highest BCUT2D eigenvalue weighted by atomic mass is 16.8. The van der Waals surface area contributed by atoms with Gasteiger partial charge in [-0.15, -0.1) is 6.58 Å². The summed E-state index contributed by atoms with van der Waals surface area (Å²) < 4.78 is 21.0. The van der Waals surface area contributed by atoms with Crippen molar-refractivity contribution in [2.24, 2.45) is 11.8 Å². The first kappa shape index (κ1) is 19.2. The van der Waals surface area contributed by atoms with Gasteiger partial charge in [-0.3, -0.25) is 0 Å². The average molecular weight is 374 g/mol. The minimum atomic E-state index is -1.59. The lowest BCUT2D eigenvalue weighted by Gasteiger charge is -2.43. The van der Waals surface area contributed by atoms with Crippen LogP contribution in [0.5, 0.6) is 0 Å². The number of aliphatic hydroxyl groups is 5. The second-order valence-electron chi connectivity index (χ2n) is 6.43. The maximum atomic E-state index is 11.9. The van der Waals surface area contributed by atoms with Crippen LogP contribution in [0.15, 0.2) is 24.5 Å². The van der Waals surface area contributed by atoms with E-state index in [0.29, 0.717) is 0 Å². The molecule has 26 heavy (non-hydrogen) atoms. The van der Waals surface area contributed by atoms with Gasteiger partial charge in [0.1, 0.15) is 24.4 Å². The maximum Gasteiger partial charge on any atom is 0.339 e. The van der Waals surface area contributed by atoms with Gasteiger partial charge < -0.3 is 44.5 Å². The Hall–Kier alpha value is -1.53. The molecule has 2 saturated heterocycles. The molecule has 0 saturated carbocycles. The SMILES string of the molecule is C=C[C@@H]1[C@@H](O[C@H]2O[C@@H](CO)[C@H](O)[C@@H](O)[C@@H]2O)OC=C2C(=O)O[C@H](O)C[C@H]21. The van der Waals surface area contributed by atoms with Crippen molar-refractivity contribution in [1.29, 1.82) is 0 Å². The monoisotopic (exact) mass is 374 g/mol. The van der Waals surface area contributed by atoms with Crippen molar-refractivity contribution in [3.05, 3.63) is 24.5 Å². The molecule has 0 spiro atoms. The van der Waals surface area contributed by atoms with E-state index in [1.165, 1.54) is 6.08 Å². The second-order valence-corrected chi connectivity index (χ2v) is 6.43. The molecule has 3 heterocycles. The number of aliphatic hydroxyl groups excluding tert-OH is 5. The van der Waals surface area contributed by atoms with Crippen LogP contribution in [0.25, 0.3) is 0 Å². The fourth-order valence-electron chi connectivity index (χ4n) is 3.37. The van der Waals surface area contributed by atoms with E-state index in [0.717, 1.165) is 6.26 Å². The molecule has 3 rings (SSSR count). The fourth-order valence-corrected chi connectivity index (χ4v) is 3.37. The number of fused-ring (bicyclic) bond motifs is 1. The summed E-state index contributed by atoms with van der Waals surface area (Å²) in [5.74, 6) is -1.76. The van der Waals surface area contributed by atoms with E-state index in [1.807, 2.05) is 0 Å². The van der Waals surface area contributed by atoms with Crippen LogP contribution in [-0.4, -0.2) is 81.4 Å². The molecule has 3 aliphatic rings. The van der Waals surface area contributed by atoms with E-state index in [2.05, 4.69) is 6.58 Å². The first-order chi connectivity index (χ1) is 12.4. The van der Waals surface area contributed by atoms with Gasteiger partial charge in [-0.05, 0) is 0 Å². The fraction of sp³-hybridized carbons (Fsp3) is 0.688. The lowest BCUT2D eigenvalue weighted by molar-refractivity contribution is -0.340. The topological polar surface area (TPSA) is 155 Å². The molecule has 0 aromatic heterocycles. The van der Waals surface area contributed by atoms with E-state index in [1.54, 1.807) is 0 Å². The first-order valence-corrected chi connectivity index (χ1v) is 8.20. The van der Waals surface area contributed by atoms with Gasteiger partial charge in [-0.2, -0.15) is 0 Å². The molecular weight excluding hydrogens is 352 g/mol. The van der Waals surface area contributed by atoms with Crippen molar-refractivity contribution < 1.29 is 49.3 Å². The summed E-state index contributed by atoms with van der Waals surface area (Å²) in [6, 6.07) is 0. The van der Waals surface area contributed by atoms with Gasteiger partial charge in [-0.25, -0.2) is 4.79 Å². The smallest absolute Gasteiger partial charge is 0.339 e. The van der Waals surface area contributed by atoms with Crippen LogP contribution >= 0.6 is 0 Å². The molecule has 0 bridgehead atoms. The van der Waals surface area contributed by atoms with E-state index >= 15 is 0 Å². The molecule has 9 atom stereocenters. The molecular formula is C16H22O10. The molecule has 146 valence electrons. The van der Waals surface area contributed by atoms with E-state index < -0.39 is 67.7 Å². The Kier molecular flexibility index (Phi) is 5.63. The number of hydrogen-bond acceptors (Lipinski definition) is 10. The summed E-state index contributed by atoms with van der Waals surface area (Å²) in [5, 5.41) is 48.6. The summed E-state index contributed by atoms with van der Waals surface area (Å²) in [6.45, 7) is 3.10. The minimum Gasteiger partial charge on any atom is -0.471 e. The summed E-state index contributed by atoms with van der Waals surface area (Å²) in [7, 11) is 0. The number of esters is 1. The summed E-state index contributed by atoms with van der Waals surface area (Å²) >= 11 is 0. The Labute approximate surface area is 148 Å². The van der Waals surface area contributed by atoms with Crippen molar-refractivity contribution >= 4 is 5.97 Å². The van der Waals surface area contributed by atoms with Crippen molar-refractivity contribution in [2.45, 2.75) is 49.7 Å². The van der Waals surface area contributed by atoms with Crippen LogP contribution < -0.4 is 0 Å². The Balaban J connectivity index is 1.77. The largest absolute Gasteiger partial charge is 0.471 e. The van der Waals surface area contributed by atoms with Gasteiger partial charge in [0.15, 0.2) is 6.29 Å². The zero-order chi connectivity index (χ0) is 19.0. The Morgan fingerprint density at radius 2 is 1.92 bits per heavy atom. The molecule has 10 nitrogen and oxygen atoms in total. The van der Waals surface area contributed by atoms with E-state index in [-0.39, 0.29) is 12.0 Å². The summed E-state index contributed by atoms with van der Waals surface area (Å²) in [6.07, 6.45) is -6.75. The van der Waals surface area contributed by atoms with Crippen LogP contribution in [0.1, 0.15) is 6.42 Å². The molecule has 0 aliphatic carbocycles. The molecule has 0 aromatic rings. The van der Waals surface area contributed by atoms with Crippen LogP contribution in [-0.2, 0) is 23.7 Å². The lowest BCUT2D eigenvalue weighted by atomic mass is 9.80. The molecule has 0 amide bonds. The predicted molar refractivity (Wildman–Crippen MR) is 81.7 cm³/mol. The zero-order valence-corrected chi connectivity index (χ0v) is 13.7. The number of carbonyl (C=O) groups is 1. The number of ether oxygens (including phenoxy) is 4. The van der Waals surface area contributed by atoms with Crippen molar-refractivity contribution in [2.75, 3.05) is 6.61 Å². The highest BCUT2D eigenvalue weighted by Crippen LogP contribution is 2.39. The number of rotatable bonds is 4. The molecule has 0 aromatic carbocycles. The molecule has 5 N–H and O–H groups in total. The third-order valence-corrected chi connectivity index (χ3v) is 4.83. The van der Waals surface area contributed by atoms with Crippen molar-refractivity contribution in [3.63, 3.8) is 0 Å². The van der Waals surface area contributed by atoms with Crippen molar-refractivity contribution in [1.82, 2.24) is 0 Å². The van der Waals surface area contributed by atoms with Crippen LogP contribution in [0.4, 0.5) is 0 Å². The van der Waals surface area contributed by atoms with Gasteiger partial charge >= 0.3 is 5.97 Å². The molecule has 0 radical (unpaired) electrons. The maximum absolute atomic E-state index is 11.9. The van der Waals surface area contributed by atoms with Crippen molar-refractivity contribution in [3.8, 4) is 0 Å². The zero-order valence-electron chi connectivity index (χ0n) is 13.7. The minimum absolute atomic E-state index is 0.117. The standard InChI is InChI=1S/C16H22O10/c1-2-6-7-3-10(18)25-14(22)8(7)5-23-15(6)26-16-13(21)12(20)11(19)9(4-17)24-16/h2,5-7,9-13,15-21H,1,3-4H2/t6-,7-,9-,10-,11-,12+,13-,15+,16+/m0/s1. The van der Waals surface area contributed by atoms with Crippen LogP contribution in [0.3, 0.4) is 0 Å². The third kappa shape index (κ3) is 3.37. The molecule has 10 heteroatoms. The summed E-state index contributed by atoms with van der Waals surface area (Å²) in [4.78, 5) is 11.9. The van der Waals surface area contributed by atoms with E-state index in [4.69, 9.17) is 18.9 Å². The van der Waals surface area contributed by atoms with E-state index in [9.17, 15) is 30.3 Å². The van der Waals surface area contributed by atoms with Gasteiger partial charge in [0.05, 0.1) is 18.4 Å². The molecule has 3 aliphatic heterocycles. The number of cyclic esters (lactones) is 1. The van der Waals surface area contributed by atoms with Gasteiger partial charge in [0, 0.05) is 18.3 Å². The first-order valence-electron chi connectivity index (χ1n) is 8.20. The number of hydrogen-bond donors (Lipinski definition) is 5. The normalized spacial score (nSPS) is 45.8. The Bertz CT molecular complexity index is 575. The third-order valence-electron chi connectivity index (χ3n) is 4.83. The quantitative estimate of drug-likeness (QED) is 0.269. The average Bonchev–Trinajstić information content (AvgIpc) is 2.61. The van der Waals surface area contributed by atoms with Crippen LogP contribution in [0.2, 0.25) is 0 Å². The van der Waals surface area contributed by atoms with Gasteiger partial charge in [-0.1, -0.05) is 6.08 Å². The number of carbonyl (C=O) groups excluding carboxylic acids is 1. The highest BCUT2D eigenvalue weighted by Gasteiger charge is 2.48. The summed E-state index contributed by atoms with van der Waals surface area (Å²) in [5.41, 5.74) is 0.230. The van der Waals surface area contributed by atoms with Gasteiger partial charge in [0.2, 0.25) is 12.6 Å². The van der Waals surface area contributed by atoms with Crippen LogP contribution in [0, 0.1) is 11.8 Å². The molecule has 0 unspecified atom stereocenters.